The van der Waals surface area contributed by atoms with Crippen molar-refractivity contribution >= 4 is 17.9 Å². The minimum absolute atomic E-state index is 0.568. The highest BCUT2D eigenvalue weighted by Gasteiger charge is 2.33. The van der Waals surface area contributed by atoms with Crippen LogP contribution in [-0.4, -0.2) is 28.9 Å². The quantitative estimate of drug-likeness (QED) is 0.660. The van der Waals surface area contributed by atoms with Crippen molar-refractivity contribution in [2.24, 2.45) is 10.9 Å². The van der Waals surface area contributed by atoms with Crippen LogP contribution in [0.25, 0.3) is 5.70 Å². The van der Waals surface area contributed by atoms with Crippen molar-refractivity contribution < 1.29 is 0 Å². The lowest BCUT2D eigenvalue weighted by Gasteiger charge is -2.30. The Kier molecular flexibility index (Phi) is 4.43. The van der Waals surface area contributed by atoms with Gasteiger partial charge in [-0.3, -0.25) is 0 Å². The summed E-state index contributed by atoms with van der Waals surface area (Å²) in [5.41, 5.74) is 11.8. The molecule has 0 spiro atoms. The van der Waals surface area contributed by atoms with Gasteiger partial charge in [-0.2, -0.15) is 0 Å². The van der Waals surface area contributed by atoms with Crippen LogP contribution >= 0.6 is 0 Å². The first-order chi connectivity index (χ1) is 13.4. The van der Waals surface area contributed by atoms with Crippen LogP contribution in [-0.2, 0) is 6.42 Å². The van der Waals surface area contributed by atoms with Crippen LogP contribution in [0, 0.1) is 5.92 Å². The van der Waals surface area contributed by atoms with Crippen molar-refractivity contribution in [3.63, 3.8) is 0 Å². The van der Waals surface area contributed by atoms with Crippen LogP contribution in [0.5, 0.6) is 0 Å². The van der Waals surface area contributed by atoms with E-state index >= 15 is 0 Å². The molecule has 6 nitrogen and oxygen atoms in total. The van der Waals surface area contributed by atoms with E-state index in [-0.39, 0.29) is 0 Å². The number of aliphatic imine (C=N–C) groups is 1. The van der Waals surface area contributed by atoms with Crippen LogP contribution in [0.2, 0.25) is 0 Å². The fourth-order valence-corrected chi connectivity index (χ4v) is 4.45. The summed E-state index contributed by atoms with van der Waals surface area (Å²) >= 11 is 0. The molecule has 0 amide bonds. The highest BCUT2D eigenvalue weighted by atomic mass is 15.7. The Hall–Kier alpha value is -2.57. The van der Waals surface area contributed by atoms with Crippen LogP contribution in [0.3, 0.4) is 0 Å². The minimum Gasteiger partial charge on any atom is -0.346 e. The Morgan fingerprint density at radius 1 is 1.07 bits per heavy atom. The van der Waals surface area contributed by atoms with Gasteiger partial charge in [0.1, 0.15) is 12.2 Å². The lowest BCUT2D eigenvalue weighted by molar-refractivity contribution is 0.307. The number of rotatable bonds is 5. The summed E-state index contributed by atoms with van der Waals surface area (Å²) in [7, 11) is 0. The molecule has 6 heteroatoms. The largest absolute Gasteiger partial charge is 0.346 e. The van der Waals surface area contributed by atoms with Gasteiger partial charge in [0.25, 0.3) is 0 Å². The Bertz CT molecular complexity index is 845. The second-order valence-electron chi connectivity index (χ2n) is 7.59. The first-order valence-electron chi connectivity index (χ1n) is 9.93. The van der Waals surface area contributed by atoms with Gasteiger partial charge in [-0.15, -0.1) is 5.53 Å². The Balaban J connectivity index is 1.19. The Labute approximate surface area is 159 Å². The number of fused-ring (bicyclic) bond motifs is 3. The average Bonchev–Trinajstić information content (AvgIpc) is 3.36. The highest BCUT2D eigenvalue weighted by Crippen LogP contribution is 2.39. The smallest absolute Gasteiger partial charge is 0.141 e. The number of benzene rings is 1. The van der Waals surface area contributed by atoms with E-state index in [2.05, 4.69) is 62.7 Å². The fourth-order valence-electron chi connectivity index (χ4n) is 4.45. The first kappa shape index (κ1) is 16.6. The molecular formula is C21H26N6. The summed E-state index contributed by atoms with van der Waals surface area (Å²) in [4.78, 5) is 7.66. The predicted molar refractivity (Wildman–Crippen MR) is 108 cm³/mol. The van der Waals surface area contributed by atoms with E-state index in [1.807, 2.05) is 17.5 Å². The molecule has 4 N–H and O–H groups in total. The number of nitrogens with zero attached hydrogens (tertiary/aromatic N) is 2. The molecule has 3 aliphatic rings. The Morgan fingerprint density at radius 2 is 1.93 bits per heavy atom. The zero-order valence-corrected chi connectivity index (χ0v) is 15.4. The van der Waals surface area contributed by atoms with Gasteiger partial charge in [0, 0.05) is 23.7 Å². The summed E-state index contributed by atoms with van der Waals surface area (Å²) in [5, 5.41) is 5.76. The van der Waals surface area contributed by atoms with Crippen molar-refractivity contribution in [1.29, 1.82) is 0 Å². The van der Waals surface area contributed by atoms with Gasteiger partial charge in [0.05, 0.1) is 11.4 Å². The number of hydrazine groups is 2. The molecule has 1 aromatic heterocycles. The molecule has 5 rings (SSSR count). The van der Waals surface area contributed by atoms with Gasteiger partial charge in [-0.25, -0.2) is 10.0 Å². The van der Waals surface area contributed by atoms with E-state index in [0.717, 1.165) is 18.8 Å². The highest BCUT2D eigenvalue weighted by molar-refractivity contribution is 5.87. The van der Waals surface area contributed by atoms with E-state index < -0.39 is 0 Å². The van der Waals surface area contributed by atoms with Gasteiger partial charge in [-0.05, 0) is 50.3 Å². The zero-order valence-electron chi connectivity index (χ0n) is 15.4. The fraction of sp³-hybridized carbons (Fsp3) is 0.381. The number of aromatic nitrogens is 1. The summed E-state index contributed by atoms with van der Waals surface area (Å²) in [5.74, 6) is 1.51. The molecule has 1 aliphatic carbocycles. The molecule has 3 heterocycles. The Morgan fingerprint density at radius 3 is 2.78 bits per heavy atom. The van der Waals surface area contributed by atoms with Crippen LogP contribution < -0.4 is 16.3 Å². The van der Waals surface area contributed by atoms with E-state index in [0.29, 0.717) is 12.0 Å². The van der Waals surface area contributed by atoms with Crippen molar-refractivity contribution in [2.75, 3.05) is 6.54 Å². The molecule has 1 aromatic carbocycles. The maximum atomic E-state index is 4.44. The summed E-state index contributed by atoms with van der Waals surface area (Å²) in [6, 6.07) is 13.5. The number of nitrogens with one attached hydrogen (secondary N) is 4. The lowest BCUT2D eigenvalue weighted by Crippen LogP contribution is -2.39. The molecule has 0 saturated heterocycles. The predicted octanol–water partition coefficient (Wildman–Crippen LogP) is 3.07. The summed E-state index contributed by atoms with van der Waals surface area (Å²) < 4.78 is 0. The molecule has 0 radical (unpaired) electrons. The van der Waals surface area contributed by atoms with E-state index in [4.69, 9.17) is 0 Å². The van der Waals surface area contributed by atoms with Gasteiger partial charge >= 0.3 is 0 Å². The monoisotopic (exact) mass is 362 g/mol. The topological polar surface area (TPSA) is 67.5 Å². The lowest BCUT2D eigenvalue weighted by atomic mass is 9.83. The molecule has 1 saturated carbocycles. The standard InChI is InChI=1S/C21H26N6/c1-2-4-15(5-3-1)10-12-22-17-8-6-16(7-9-17)19-20-18-11-13-23-21(18)24-14-27(20)26-25-19/h1-5,11,13-14,16-17,22-23,25-26H,6-10,12H2. The number of aromatic amines is 1. The third kappa shape index (κ3) is 3.26. The van der Waals surface area contributed by atoms with Crippen LogP contribution in [0.1, 0.15) is 36.8 Å². The molecule has 1 fully saturated rings. The molecular weight excluding hydrogens is 336 g/mol. The number of hydrogen-bond acceptors (Lipinski definition) is 5. The summed E-state index contributed by atoms with van der Waals surface area (Å²) in [6.45, 7) is 1.06. The third-order valence-corrected chi connectivity index (χ3v) is 5.91. The van der Waals surface area contributed by atoms with Crippen molar-refractivity contribution in [1.82, 2.24) is 26.3 Å². The maximum absolute atomic E-state index is 4.44. The zero-order chi connectivity index (χ0) is 18.1. The SMILES string of the molecule is C1=Nc2[nH]ccc2C2=C(C3CCC(NCCc4ccccc4)CC3)NNN12. The molecule has 2 aliphatic heterocycles. The number of hydrogen-bond donors (Lipinski definition) is 4. The van der Waals surface area contributed by atoms with Gasteiger partial charge in [0.15, 0.2) is 0 Å². The summed E-state index contributed by atoms with van der Waals surface area (Å²) in [6.07, 6.45) is 9.78. The van der Waals surface area contributed by atoms with Crippen molar-refractivity contribution in [3.05, 3.63) is 59.4 Å². The van der Waals surface area contributed by atoms with E-state index in [9.17, 15) is 0 Å². The minimum atomic E-state index is 0.568. The molecule has 0 unspecified atom stereocenters. The van der Waals surface area contributed by atoms with Crippen molar-refractivity contribution in [3.8, 4) is 0 Å². The normalized spacial score (nSPS) is 23.9. The molecule has 140 valence electrons. The molecule has 0 atom stereocenters. The maximum Gasteiger partial charge on any atom is 0.141 e. The van der Waals surface area contributed by atoms with Gasteiger partial charge in [-0.1, -0.05) is 30.3 Å². The average molecular weight is 362 g/mol. The van der Waals surface area contributed by atoms with E-state index in [1.54, 1.807) is 0 Å². The van der Waals surface area contributed by atoms with Gasteiger partial charge in [0.2, 0.25) is 0 Å². The van der Waals surface area contributed by atoms with E-state index in [1.165, 1.54) is 48.2 Å². The molecule has 27 heavy (non-hydrogen) atoms. The first-order valence-corrected chi connectivity index (χ1v) is 9.93. The van der Waals surface area contributed by atoms with Gasteiger partial charge < -0.3 is 15.7 Å². The number of allylic oxidation sites excluding steroid dienone is 1. The second-order valence-corrected chi connectivity index (χ2v) is 7.59. The van der Waals surface area contributed by atoms with Crippen molar-refractivity contribution in [2.45, 2.75) is 38.1 Å². The third-order valence-electron chi connectivity index (χ3n) is 5.91. The van der Waals surface area contributed by atoms with Crippen LogP contribution in [0.15, 0.2) is 53.3 Å². The van der Waals surface area contributed by atoms with Crippen LogP contribution in [0.4, 0.5) is 5.82 Å². The molecule has 0 bridgehead atoms. The second kappa shape index (κ2) is 7.21. The molecule has 2 aromatic rings. The number of H-pyrrole nitrogens is 1.